The zero-order chi connectivity index (χ0) is 32.6. The summed E-state index contributed by atoms with van der Waals surface area (Å²) in [6.45, 7) is 20.8. The van der Waals surface area contributed by atoms with Crippen LogP contribution < -0.4 is 0 Å². The van der Waals surface area contributed by atoms with E-state index in [-0.39, 0.29) is 30.3 Å². The van der Waals surface area contributed by atoms with E-state index in [1.807, 2.05) is 58.0 Å². The number of carbonyl (C=O) groups is 1. The van der Waals surface area contributed by atoms with E-state index >= 15 is 0 Å². The second-order valence-corrected chi connectivity index (χ2v) is 14.4. The van der Waals surface area contributed by atoms with Crippen molar-refractivity contribution in [2.24, 2.45) is 29.6 Å². The molecule has 0 N–H and O–H groups in total. The van der Waals surface area contributed by atoms with Crippen molar-refractivity contribution < 1.29 is 42.7 Å². The van der Waals surface area contributed by atoms with Gasteiger partial charge < -0.3 is 37.9 Å². The zero-order valence-electron chi connectivity index (χ0n) is 28.8. The van der Waals surface area contributed by atoms with Gasteiger partial charge in [-0.25, -0.2) is 0 Å². The third-order valence-corrected chi connectivity index (χ3v) is 11.0. The lowest BCUT2D eigenvalue weighted by Crippen LogP contribution is -2.63. The number of ether oxygens (including phenoxy) is 8. The van der Waals surface area contributed by atoms with E-state index in [1.165, 1.54) is 6.92 Å². The first kappa shape index (κ1) is 34.7. The summed E-state index contributed by atoms with van der Waals surface area (Å²) in [7, 11) is 0. The third-order valence-electron chi connectivity index (χ3n) is 11.0. The van der Waals surface area contributed by atoms with Gasteiger partial charge in [-0.3, -0.25) is 4.79 Å². The lowest BCUT2D eigenvalue weighted by molar-refractivity contribution is -0.357. The van der Waals surface area contributed by atoms with Gasteiger partial charge in [-0.1, -0.05) is 71.4 Å². The molecule has 0 spiro atoms. The second kappa shape index (κ2) is 14.3. The summed E-state index contributed by atoms with van der Waals surface area (Å²) >= 11 is 0. The van der Waals surface area contributed by atoms with E-state index < -0.39 is 48.8 Å². The van der Waals surface area contributed by atoms with Crippen LogP contribution in [0.4, 0.5) is 0 Å². The molecule has 45 heavy (non-hydrogen) atoms. The molecule has 1 aliphatic carbocycles. The van der Waals surface area contributed by atoms with Crippen LogP contribution in [0.3, 0.4) is 0 Å². The molecule has 1 aromatic carbocycles. The number of carbonyl (C=O) groups excluding carboxylic acids is 1. The minimum absolute atomic E-state index is 0.0372. The normalized spacial score (nSPS) is 44.7. The van der Waals surface area contributed by atoms with Gasteiger partial charge in [0.2, 0.25) is 0 Å². The largest absolute Gasteiger partial charge is 0.454 e. The van der Waals surface area contributed by atoms with Crippen LogP contribution >= 0.6 is 0 Å². The molecule has 3 heterocycles. The van der Waals surface area contributed by atoms with Crippen molar-refractivity contribution in [3.05, 3.63) is 35.9 Å². The van der Waals surface area contributed by atoms with Crippen LogP contribution in [-0.2, 0) is 49.3 Å². The van der Waals surface area contributed by atoms with Gasteiger partial charge in [-0.05, 0) is 63.4 Å². The smallest absolute Gasteiger partial charge is 0.303 e. The topological polar surface area (TPSA) is 90.9 Å². The van der Waals surface area contributed by atoms with Crippen molar-refractivity contribution in [2.45, 2.75) is 156 Å². The average Bonchev–Trinajstić information content (AvgIpc) is 3.33. The molecule has 0 aromatic heterocycles. The number of fused-ring (bicyclic) bond motifs is 1. The van der Waals surface area contributed by atoms with E-state index in [0.29, 0.717) is 30.3 Å². The van der Waals surface area contributed by atoms with E-state index in [2.05, 4.69) is 34.6 Å². The zero-order valence-corrected chi connectivity index (χ0v) is 28.8. The SMILES string of the molecule is CCC1C[C@@H](O[C@@H]2C(OC(C)=O)[C@H](OC3[C@@H](OCc4ccccc4)OC(C)[C@@H]4OC(C)(C)O[C@H]34)OC(C)[C@@H]2C)C(C)[C@@H](C)[C@@H]1C. The summed E-state index contributed by atoms with van der Waals surface area (Å²) in [5.74, 6) is 0.801. The second-order valence-electron chi connectivity index (χ2n) is 14.4. The van der Waals surface area contributed by atoms with Crippen LogP contribution in [0.1, 0.15) is 87.6 Å². The molecule has 9 nitrogen and oxygen atoms in total. The molecular weight excluding hydrogens is 576 g/mol. The minimum atomic E-state index is -0.930. The van der Waals surface area contributed by atoms with Gasteiger partial charge in [0.15, 0.2) is 24.5 Å². The Morgan fingerprint density at radius 3 is 2.13 bits per heavy atom. The van der Waals surface area contributed by atoms with Crippen molar-refractivity contribution in [1.29, 1.82) is 0 Å². The molecule has 4 fully saturated rings. The number of hydrogen-bond donors (Lipinski definition) is 0. The van der Waals surface area contributed by atoms with E-state index in [4.69, 9.17) is 37.9 Å². The minimum Gasteiger partial charge on any atom is -0.454 e. The van der Waals surface area contributed by atoms with Crippen LogP contribution in [0.5, 0.6) is 0 Å². The Morgan fingerprint density at radius 2 is 1.47 bits per heavy atom. The van der Waals surface area contributed by atoms with Crippen LogP contribution in [0.2, 0.25) is 0 Å². The quantitative estimate of drug-likeness (QED) is 0.293. The van der Waals surface area contributed by atoms with Crippen LogP contribution in [0.25, 0.3) is 0 Å². The van der Waals surface area contributed by atoms with Crippen LogP contribution in [0.15, 0.2) is 30.3 Å². The summed E-state index contributed by atoms with van der Waals surface area (Å²) in [5, 5.41) is 0. The molecule has 15 atom stereocenters. The van der Waals surface area contributed by atoms with Crippen molar-refractivity contribution >= 4 is 5.97 Å². The molecule has 4 aliphatic rings. The predicted octanol–water partition coefficient (Wildman–Crippen LogP) is 6.26. The highest BCUT2D eigenvalue weighted by Crippen LogP contribution is 2.45. The van der Waals surface area contributed by atoms with Crippen LogP contribution in [0, 0.1) is 29.6 Å². The summed E-state index contributed by atoms with van der Waals surface area (Å²) in [6, 6.07) is 9.93. The average molecular weight is 633 g/mol. The molecule has 3 aliphatic heterocycles. The van der Waals surface area contributed by atoms with Gasteiger partial charge in [0.1, 0.15) is 24.4 Å². The number of rotatable bonds is 9. The van der Waals surface area contributed by atoms with Crippen molar-refractivity contribution in [3.8, 4) is 0 Å². The Hall–Kier alpha value is -1.59. The van der Waals surface area contributed by atoms with Gasteiger partial charge >= 0.3 is 5.97 Å². The fraction of sp³-hybridized carbons (Fsp3) is 0.806. The maximum Gasteiger partial charge on any atom is 0.303 e. The van der Waals surface area contributed by atoms with Gasteiger partial charge in [0, 0.05) is 12.8 Å². The molecular formula is C36H56O9. The summed E-state index contributed by atoms with van der Waals surface area (Å²) in [5.41, 5.74) is 1.01. The molecule has 1 saturated carbocycles. The summed E-state index contributed by atoms with van der Waals surface area (Å²) < 4.78 is 51.8. The monoisotopic (exact) mass is 632 g/mol. The Morgan fingerprint density at radius 1 is 0.800 bits per heavy atom. The Labute approximate surface area is 269 Å². The van der Waals surface area contributed by atoms with E-state index in [1.54, 1.807) is 0 Å². The van der Waals surface area contributed by atoms with Crippen LogP contribution in [-0.4, -0.2) is 73.2 Å². The standard InChI is InChI=1S/C36H56O9/c1-11-27-17-28(21(4)19(2)20(27)3)42-29-22(5)23(6)39-35(32(29)41-25(8)37)43-33-31-30(44-36(9,10)45-31)24(7)40-34(33)38-18-26-15-13-12-14-16-26/h12-16,19-24,27-35H,11,17-18H2,1-10H3/t19-,20-,21?,22-,23?,24?,27?,28+,29-,30-,31-,32?,33?,34-,35-/m0/s1. The highest BCUT2D eigenvalue weighted by atomic mass is 16.8. The molecule has 254 valence electrons. The molecule has 6 unspecified atom stereocenters. The van der Waals surface area contributed by atoms with Crippen molar-refractivity contribution in [1.82, 2.24) is 0 Å². The summed E-state index contributed by atoms with van der Waals surface area (Å²) in [6.07, 6.45) is -2.90. The molecule has 1 aromatic rings. The van der Waals surface area contributed by atoms with Crippen molar-refractivity contribution in [2.75, 3.05) is 0 Å². The van der Waals surface area contributed by atoms with Gasteiger partial charge in [-0.2, -0.15) is 0 Å². The molecule has 9 heteroatoms. The lowest BCUT2D eigenvalue weighted by atomic mass is 9.66. The number of benzene rings is 1. The Kier molecular flexibility index (Phi) is 11.0. The predicted molar refractivity (Wildman–Crippen MR) is 168 cm³/mol. The van der Waals surface area contributed by atoms with E-state index in [9.17, 15) is 4.79 Å². The molecule has 5 rings (SSSR count). The highest BCUT2D eigenvalue weighted by molar-refractivity contribution is 5.66. The molecule has 0 bridgehead atoms. The van der Waals surface area contributed by atoms with Crippen molar-refractivity contribution in [3.63, 3.8) is 0 Å². The highest BCUT2D eigenvalue weighted by Gasteiger charge is 2.58. The number of hydrogen-bond acceptors (Lipinski definition) is 9. The molecule has 0 amide bonds. The number of esters is 1. The van der Waals surface area contributed by atoms with Gasteiger partial charge in [-0.15, -0.1) is 0 Å². The first-order valence-corrected chi connectivity index (χ1v) is 17.1. The summed E-state index contributed by atoms with van der Waals surface area (Å²) in [4.78, 5) is 12.6. The third kappa shape index (κ3) is 7.61. The fourth-order valence-corrected chi connectivity index (χ4v) is 7.79. The first-order chi connectivity index (χ1) is 21.3. The Bertz CT molecular complexity index is 1110. The van der Waals surface area contributed by atoms with Gasteiger partial charge in [0.05, 0.1) is 24.9 Å². The molecule has 0 radical (unpaired) electrons. The maximum absolute atomic E-state index is 12.6. The maximum atomic E-state index is 12.6. The van der Waals surface area contributed by atoms with Gasteiger partial charge in [0.25, 0.3) is 0 Å². The first-order valence-electron chi connectivity index (χ1n) is 17.1. The lowest BCUT2D eigenvalue weighted by Gasteiger charge is -2.50. The fourth-order valence-electron chi connectivity index (χ4n) is 7.79. The Balaban J connectivity index is 1.42. The molecule has 3 saturated heterocycles. The van der Waals surface area contributed by atoms with E-state index in [0.717, 1.165) is 18.4 Å².